The molecule has 2 N–H and O–H groups in total. The van der Waals surface area contributed by atoms with Crippen LogP contribution in [0.25, 0.3) is 10.9 Å². The van der Waals surface area contributed by atoms with E-state index >= 15 is 0 Å². The van der Waals surface area contributed by atoms with Crippen molar-refractivity contribution in [1.29, 1.82) is 0 Å². The second kappa shape index (κ2) is 6.10. The summed E-state index contributed by atoms with van der Waals surface area (Å²) in [4.78, 5) is 4.35. The highest BCUT2D eigenvalue weighted by Gasteiger charge is 2.24. The number of nitrogens with zero attached hydrogens (tertiary/aromatic N) is 1. The van der Waals surface area contributed by atoms with Gasteiger partial charge < -0.3 is 5.73 Å². The third kappa shape index (κ3) is 3.24. The lowest BCUT2D eigenvalue weighted by atomic mass is 9.76. The number of aromatic nitrogens is 1. The summed E-state index contributed by atoms with van der Waals surface area (Å²) in [5, 5.41) is 0.980. The molecule has 0 aliphatic heterocycles. The van der Waals surface area contributed by atoms with Crippen LogP contribution in [0.15, 0.2) is 30.5 Å². The van der Waals surface area contributed by atoms with Crippen LogP contribution in [0.5, 0.6) is 0 Å². The molecule has 112 valence electrons. The van der Waals surface area contributed by atoms with E-state index in [4.69, 9.17) is 5.73 Å². The summed E-state index contributed by atoms with van der Waals surface area (Å²) in [6, 6.07) is 7.25. The van der Waals surface area contributed by atoms with Crippen molar-refractivity contribution in [3.63, 3.8) is 0 Å². The minimum Gasteiger partial charge on any atom is -0.328 e. The summed E-state index contributed by atoms with van der Waals surface area (Å²) in [6.45, 7) is 2.09. The molecular formula is C18H23FN2. The van der Waals surface area contributed by atoms with Crippen molar-refractivity contribution in [2.45, 2.75) is 51.0 Å². The molecule has 21 heavy (non-hydrogen) atoms. The Balaban J connectivity index is 1.81. The first-order chi connectivity index (χ1) is 10.1. The zero-order valence-electron chi connectivity index (χ0n) is 12.6. The zero-order chi connectivity index (χ0) is 14.8. The molecule has 1 aromatic heterocycles. The third-order valence-corrected chi connectivity index (χ3v) is 4.73. The van der Waals surface area contributed by atoms with Gasteiger partial charge in [0.1, 0.15) is 5.82 Å². The summed E-state index contributed by atoms with van der Waals surface area (Å²) < 4.78 is 13.5. The van der Waals surface area contributed by atoms with Gasteiger partial charge in [0.05, 0.1) is 5.52 Å². The molecule has 0 amide bonds. The molecule has 1 heterocycles. The Hall–Kier alpha value is -1.48. The molecule has 0 unspecified atom stereocenters. The Kier molecular flexibility index (Phi) is 4.20. The number of rotatable bonds is 3. The van der Waals surface area contributed by atoms with Crippen molar-refractivity contribution in [2.75, 3.05) is 0 Å². The second-order valence-electron chi connectivity index (χ2n) is 6.49. The van der Waals surface area contributed by atoms with Gasteiger partial charge in [-0.3, -0.25) is 4.98 Å². The zero-order valence-corrected chi connectivity index (χ0v) is 12.6. The number of fused-ring (bicyclic) bond motifs is 1. The molecule has 1 aromatic carbocycles. The van der Waals surface area contributed by atoms with Crippen LogP contribution in [-0.2, 0) is 0 Å². The smallest absolute Gasteiger partial charge is 0.123 e. The van der Waals surface area contributed by atoms with E-state index in [-0.39, 0.29) is 5.82 Å². The molecule has 3 heteroatoms. The Morgan fingerprint density at radius 2 is 2.00 bits per heavy atom. The molecule has 0 saturated heterocycles. The number of pyridine rings is 1. The van der Waals surface area contributed by atoms with E-state index in [1.807, 2.05) is 6.20 Å². The fourth-order valence-corrected chi connectivity index (χ4v) is 3.73. The van der Waals surface area contributed by atoms with Gasteiger partial charge in [-0.2, -0.15) is 0 Å². The van der Waals surface area contributed by atoms with Crippen molar-refractivity contribution < 1.29 is 4.39 Å². The van der Waals surface area contributed by atoms with Crippen LogP contribution in [0.2, 0.25) is 0 Å². The van der Waals surface area contributed by atoms with Crippen LogP contribution in [0, 0.1) is 11.7 Å². The fraction of sp³-hybridized carbons (Fsp3) is 0.500. The molecule has 2 nitrogen and oxygen atoms in total. The lowest BCUT2D eigenvalue weighted by Crippen LogP contribution is -2.22. The van der Waals surface area contributed by atoms with E-state index in [1.54, 1.807) is 12.1 Å². The van der Waals surface area contributed by atoms with E-state index < -0.39 is 0 Å². The minimum atomic E-state index is -0.178. The minimum absolute atomic E-state index is 0.178. The summed E-state index contributed by atoms with van der Waals surface area (Å²) in [5.74, 6) is 1.11. The van der Waals surface area contributed by atoms with Crippen LogP contribution >= 0.6 is 0 Å². The van der Waals surface area contributed by atoms with Crippen molar-refractivity contribution in [3.8, 4) is 0 Å². The van der Waals surface area contributed by atoms with Gasteiger partial charge in [0, 0.05) is 17.6 Å². The SMILES string of the molecule is C[C@@H](N)CC1CCC(c2ccnc3ccc(F)cc23)CC1. The first kappa shape index (κ1) is 14.5. The summed E-state index contributed by atoms with van der Waals surface area (Å²) in [6.07, 6.45) is 7.78. The number of hydrogen-bond acceptors (Lipinski definition) is 2. The highest BCUT2D eigenvalue weighted by molar-refractivity contribution is 5.82. The van der Waals surface area contributed by atoms with Crippen LogP contribution < -0.4 is 5.73 Å². The molecule has 0 bridgehead atoms. The Morgan fingerprint density at radius 3 is 2.71 bits per heavy atom. The fourth-order valence-electron chi connectivity index (χ4n) is 3.73. The van der Waals surface area contributed by atoms with Crippen molar-refractivity contribution in [1.82, 2.24) is 4.98 Å². The molecule has 1 aliphatic carbocycles. The van der Waals surface area contributed by atoms with E-state index in [0.717, 1.165) is 23.2 Å². The summed E-state index contributed by atoms with van der Waals surface area (Å²) >= 11 is 0. The van der Waals surface area contributed by atoms with Gasteiger partial charge in [-0.15, -0.1) is 0 Å². The van der Waals surface area contributed by atoms with Crippen LogP contribution in [0.4, 0.5) is 4.39 Å². The summed E-state index contributed by atoms with van der Waals surface area (Å²) in [7, 11) is 0. The summed E-state index contributed by atoms with van der Waals surface area (Å²) in [5.41, 5.74) is 8.07. The standard InChI is InChI=1S/C18H23FN2/c1-12(20)10-13-2-4-14(5-3-13)16-8-9-21-18-7-6-15(19)11-17(16)18/h6-9,11-14H,2-5,10,20H2,1H3/t12-,13?,14?/m1/s1. The average molecular weight is 286 g/mol. The Morgan fingerprint density at radius 1 is 1.24 bits per heavy atom. The van der Waals surface area contributed by atoms with E-state index in [1.165, 1.54) is 37.3 Å². The Labute approximate surface area is 125 Å². The van der Waals surface area contributed by atoms with Gasteiger partial charge in [0.2, 0.25) is 0 Å². The van der Waals surface area contributed by atoms with Gasteiger partial charge >= 0.3 is 0 Å². The first-order valence-corrected chi connectivity index (χ1v) is 7.93. The maximum atomic E-state index is 13.5. The molecule has 1 aliphatic rings. The number of nitrogens with two attached hydrogens (primary N) is 1. The lowest BCUT2D eigenvalue weighted by molar-refractivity contribution is 0.298. The second-order valence-corrected chi connectivity index (χ2v) is 6.49. The highest BCUT2D eigenvalue weighted by atomic mass is 19.1. The van der Waals surface area contributed by atoms with E-state index in [2.05, 4.69) is 18.0 Å². The quantitative estimate of drug-likeness (QED) is 0.909. The van der Waals surface area contributed by atoms with Crippen LogP contribution in [0.3, 0.4) is 0 Å². The maximum Gasteiger partial charge on any atom is 0.123 e. The molecular weight excluding hydrogens is 263 g/mol. The molecule has 0 radical (unpaired) electrons. The van der Waals surface area contributed by atoms with Crippen molar-refractivity contribution in [2.24, 2.45) is 11.7 Å². The molecule has 1 fully saturated rings. The molecule has 0 spiro atoms. The predicted molar refractivity (Wildman–Crippen MR) is 84.7 cm³/mol. The normalized spacial score (nSPS) is 24.1. The topological polar surface area (TPSA) is 38.9 Å². The van der Waals surface area contributed by atoms with Gasteiger partial charge in [-0.05, 0) is 80.7 Å². The molecule has 1 saturated carbocycles. The number of hydrogen-bond donors (Lipinski definition) is 1. The lowest BCUT2D eigenvalue weighted by Gasteiger charge is -2.30. The molecule has 1 atom stereocenters. The van der Waals surface area contributed by atoms with Crippen molar-refractivity contribution >= 4 is 10.9 Å². The first-order valence-electron chi connectivity index (χ1n) is 7.93. The van der Waals surface area contributed by atoms with E-state index in [0.29, 0.717) is 12.0 Å². The van der Waals surface area contributed by atoms with Crippen molar-refractivity contribution in [3.05, 3.63) is 41.8 Å². The van der Waals surface area contributed by atoms with E-state index in [9.17, 15) is 4.39 Å². The maximum absolute atomic E-state index is 13.5. The van der Waals surface area contributed by atoms with Crippen LogP contribution in [0.1, 0.15) is 50.5 Å². The number of halogens is 1. The van der Waals surface area contributed by atoms with Gasteiger partial charge in [0.15, 0.2) is 0 Å². The highest BCUT2D eigenvalue weighted by Crippen LogP contribution is 2.39. The Bertz CT molecular complexity index is 616. The average Bonchev–Trinajstić information content (AvgIpc) is 2.47. The largest absolute Gasteiger partial charge is 0.328 e. The molecule has 2 aromatic rings. The molecule has 3 rings (SSSR count). The third-order valence-electron chi connectivity index (χ3n) is 4.73. The van der Waals surface area contributed by atoms with Gasteiger partial charge in [0.25, 0.3) is 0 Å². The van der Waals surface area contributed by atoms with Crippen LogP contribution in [-0.4, -0.2) is 11.0 Å². The predicted octanol–water partition coefficient (Wildman–Crippen LogP) is 4.39. The number of benzene rings is 1. The van der Waals surface area contributed by atoms with Gasteiger partial charge in [-0.1, -0.05) is 0 Å². The monoisotopic (exact) mass is 286 g/mol. The van der Waals surface area contributed by atoms with Gasteiger partial charge in [-0.25, -0.2) is 4.39 Å².